The van der Waals surface area contributed by atoms with E-state index in [0.29, 0.717) is 26.3 Å². The van der Waals surface area contributed by atoms with Crippen molar-refractivity contribution in [2.24, 2.45) is 0 Å². The molecule has 6 heteroatoms. The second-order valence-electron chi connectivity index (χ2n) is 2.95. The molecule has 0 N–H and O–H groups in total. The highest BCUT2D eigenvalue weighted by atomic mass is 32.2. The SMILES string of the molecule is O=S(=O)(c1ccco1)N1CCOCC1. The summed E-state index contributed by atoms with van der Waals surface area (Å²) in [4.78, 5) is 0. The molecule has 1 aromatic rings. The minimum absolute atomic E-state index is 0.000556. The minimum atomic E-state index is -3.43. The second-order valence-corrected chi connectivity index (χ2v) is 4.82. The van der Waals surface area contributed by atoms with Crippen molar-refractivity contribution in [2.45, 2.75) is 5.09 Å². The monoisotopic (exact) mass is 217 g/mol. The molecule has 0 radical (unpaired) electrons. The molecular formula is C8H11NO4S. The Morgan fingerprint density at radius 2 is 2.00 bits per heavy atom. The standard InChI is InChI=1S/C8H11NO4S/c10-14(11,8-2-1-5-13-8)9-3-6-12-7-4-9/h1-2,5H,3-4,6-7H2. The number of furan rings is 1. The van der Waals surface area contributed by atoms with Gasteiger partial charge >= 0.3 is 0 Å². The maximum Gasteiger partial charge on any atom is 0.276 e. The maximum absolute atomic E-state index is 11.8. The number of rotatable bonds is 2. The van der Waals surface area contributed by atoms with Gasteiger partial charge in [0.1, 0.15) is 0 Å². The summed E-state index contributed by atoms with van der Waals surface area (Å²) in [6.07, 6.45) is 1.35. The predicted octanol–water partition coefficient (Wildman–Crippen LogP) is 0.301. The number of hydrogen-bond acceptors (Lipinski definition) is 4. The van der Waals surface area contributed by atoms with Crippen LogP contribution in [0.5, 0.6) is 0 Å². The number of ether oxygens (including phenoxy) is 1. The third-order valence-corrected chi connectivity index (χ3v) is 3.85. The van der Waals surface area contributed by atoms with Crippen LogP contribution < -0.4 is 0 Å². The molecule has 0 bridgehead atoms. The zero-order valence-electron chi connectivity index (χ0n) is 7.55. The summed E-state index contributed by atoms with van der Waals surface area (Å²) in [5, 5.41) is -0.000556. The number of sulfonamides is 1. The van der Waals surface area contributed by atoms with E-state index in [4.69, 9.17) is 9.15 Å². The van der Waals surface area contributed by atoms with Gasteiger partial charge in [-0.05, 0) is 12.1 Å². The Morgan fingerprint density at radius 3 is 2.57 bits per heavy atom. The quantitative estimate of drug-likeness (QED) is 0.715. The van der Waals surface area contributed by atoms with Gasteiger partial charge in [-0.2, -0.15) is 4.31 Å². The molecule has 0 aliphatic carbocycles. The molecule has 5 nitrogen and oxygen atoms in total. The van der Waals surface area contributed by atoms with Crippen LogP contribution in [0.4, 0.5) is 0 Å². The van der Waals surface area contributed by atoms with Crippen molar-refractivity contribution in [1.82, 2.24) is 4.31 Å². The Bertz CT molecular complexity index is 377. The van der Waals surface area contributed by atoms with E-state index >= 15 is 0 Å². The smallest absolute Gasteiger partial charge is 0.276 e. The molecule has 0 saturated carbocycles. The first-order valence-electron chi connectivity index (χ1n) is 4.33. The van der Waals surface area contributed by atoms with E-state index in [-0.39, 0.29) is 5.09 Å². The molecule has 1 aromatic heterocycles. The Kier molecular flexibility index (Phi) is 2.58. The van der Waals surface area contributed by atoms with Crippen molar-refractivity contribution in [3.63, 3.8) is 0 Å². The molecule has 78 valence electrons. The van der Waals surface area contributed by atoms with Gasteiger partial charge in [-0.1, -0.05) is 0 Å². The van der Waals surface area contributed by atoms with Gasteiger partial charge in [0.05, 0.1) is 19.5 Å². The lowest BCUT2D eigenvalue weighted by Gasteiger charge is -2.24. The van der Waals surface area contributed by atoms with Crippen molar-refractivity contribution in [3.8, 4) is 0 Å². The van der Waals surface area contributed by atoms with Crippen molar-refractivity contribution >= 4 is 10.0 Å². The third kappa shape index (κ3) is 1.68. The molecule has 0 unspecified atom stereocenters. The van der Waals surface area contributed by atoms with E-state index in [1.54, 1.807) is 6.07 Å². The highest BCUT2D eigenvalue weighted by Gasteiger charge is 2.28. The van der Waals surface area contributed by atoms with Gasteiger partial charge in [-0.25, -0.2) is 8.42 Å². The predicted molar refractivity (Wildman–Crippen MR) is 48.3 cm³/mol. The molecule has 1 fully saturated rings. The lowest BCUT2D eigenvalue weighted by Crippen LogP contribution is -2.40. The lowest BCUT2D eigenvalue weighted by atomic mass is 10.5. The highest BCUT2D eigenvalue weighted by Crippen LogP contribution is 2.16. The normalized spacial score (nSPS) is 19.7. The summed E-state index contributed by atoms with van der Waals surface area (Å²) in [7, 11) is -3.43. The van der Waals surface area contributed by atoms with Crippen LogP contribution in [-0.4, -0.2) is 39.0 Å². The van der Waals surface area contributed by atoms with Gasteiger partial charge in [0.2, 0.25) is 5.09 Å². The summed E-state index contributed by atoms with van der Waals surface area (Å²) in [6, 6.07) is 3.01. The Hall–Kier alpha value is -0.850. The van der Waals surface area contributed by atoms with Crippen LogP contribution in [0.3, 0.4) is 0 Å². The second kappa shape index (κ2) is 3.72. The van der Waals surface area contributed by atoms with Crippen molar-refractivity contribution in [1.29, 1.82) is 0 Å². The van der Waals surface area contributed by atoms with Gasteiger partial charge in [-0.15, -0.1) is 0 Å². The summed E-state index contributed by atoms with van der Waals surface area (Å²) in [5.41, 5.74) is 0. The van der Waals surface area contributed by atoms with Crippen LogP contribution in [0, 0.1) is 0 Å². The molecule has 14 heavy (non-hydrogen) atoms. The molecule has 0 spiro atoms. The molecule has 0 atom stereocenters. The van der Waals surface area contributed by atoms with Gasteiger partial charge in [0.15, 0.2) is 0 Å². The minimum Gasteiger partial charge on any atom is -0.452 e. The highest BCUT2D eigenvalue weighted by molar-refractivity contribution is 7.89. The van der Waals surface area contributed by atoms with E-state index in [1.807, 2.05) is 0 Å². The van der Waals surface area contributed by atoms with Crippen LogP contribution in [0.15, 0.2) is 27.9 Å². The number of nitrogens with zero attached hydrogens (tertiary/aromatic N) is 1. The van der Waals surface area contributed by atoms with Gasteiger partial charge in [-0.3, -0.25) is 0 Å². The Balaban J connectivity index is 2.23. The topological polar surface area (TPSA) is 59.8 Å². The molecular weight excluding hydrogens is 206 g/mol. The summed E-state index contributed by atoms with van der Waals surface area (Å²) >= 11 is 0. The molecule has 1 aliphatic heterocycles. The van der Waals surface area contributed by atoms with E-state index in [2.05, 4.69) is 0 Å². The average molecular weight is 217 g/mol. The zero-order valence-corrected chi connectivity index (χ0v) is 8.37. The van der Waals surface area contributed by atoms with Crippen molar-refractivity contribution in [2.75, 3.05) is 26.3 Å². The molecule has 0 aromatic carbocycles. The van der Waals surface area contributed by atoms with E-state index < -0.39 is 10.0 Å². The molecule has 2 heterocycles. The van der Waals surface area contributed by atoms with Gasteiger partial charge < -0.3 is 9.15 Å². The van der Waals surface area contributed by atoms with E-state index in [1.165, 1.54) is 16.6 Å². The Morgan fingerprint density at radius 1 is 1.29 bits per heavy atom. The molecule has 0 amide bonds. The van der Waals surface area contributed by atoms with Crippen LogP contribution >= 0.6 is 0 Å². The van der Waals surface area contributed by atoms with Gasteiger partial charge in [0, 0.05) is 13.1 Å². The lowest BCUT2D eigenvalue weighted by molar-refractivity contribution is 0.0724. The zero-order chi connectivity index (χ0) is 10.0. The van der Waals surface area contributed by atoms with Crippen LogP contribution in [0.2, 0.25) is 0 Å². The summed E-state index contributed by atoms with van der Waals surface area (Å²) in [5.74, 6) is 0. The number of hydrogen-bond donors (Lipinski definition) is 0. The summed E-state index contributed by atoms with van der Waals surface area (Å²) in [6.45, 7) is 1.67. The van der Waals surface area contributed by atoms with E-state index in [0.717, 1.165) is 0 Å². The van der Waals surface area contributed by atoms with Crippen LogP contribution in [0.1, 0.15) is 0 Å². The van der Waals surface area contributed by atoms with Crippen molar-refractivity contribution in [3.05, 3.63) is 18.4 Å². The van der Waals surface area contributed by atoms with Crippen LogP contribution in [-0.2, 0) is 14.8 Å². The molecule has 1 aliphatic rings. The fourth-order valence-electron chi connectivity index (χ4n) is 1.32. The first-order chi connectivity index (χ1) is 6.71. The van der Waals surface area contributed by atoms with E-state index in [9.17, 15) is 8.42 Å². The molecule has 2 rings (SSSR count). The fourth-order valence-corrected chi connectivity index (χ4v) is 2.64. The maximum atomic E-state index is 11.8. The fraction of sp³-hybridized carbons (Fsp3) is 0.500. The molecule has 1 saturated heterocycles. The van der Waals surface area contributed by atoms with Crippen LogP contribution in [0.25, 0.3) is 0 Å². The Labute approximate surface area is 82.3 Å². The summed E-state index contributed by atoms with van der Waals surface area (Å²) < 4.78 is 35.0. The largest absolute Gasteiger partial charge is 0.452 e. The number of morpholine rings is 1. The van der Waals surface area contributed by atoms with Crippen molar-refractivity contribution < 1.29 is 17.6 Å². The third-order valence-electron chi connectivity index (χ3n) is 2.06. The first-order valence-corrected chi connectivity index (χ1v) is 5.77. The van der Waals surface area contributed by atoms with Gasteiger partial charge in [0.25, 0.3) is 10.0 Å². The average Bonchev–Trinajstić information content (AvgIpc) is 2.72. The first kappa shape index (κ1) is 9.70.